The van der Waals surface area contributed by atoms with Gasteiger partial charge in [-0.15, -0.1) is 0 Å². The molecule has 0 unspecified atom stereocenters. The summed E-state index contributed by atoms with van der Waals surface area (Å²) in [6, 6.07) is 7.38. The minimum atomic E-state index is -0.210. The number of ether oxygens (including phenoxy) is 1. The zero-order valence-corrected chi connectivity index (χ0v) is 13.2. The third-order valence-electron chi connectivity index (χ3n) is 3.62. The van der Waals surface area contributed by atoms with Gasteiger partial charge in [0, 0.05) is 16.7 Å². The van der Waals surface area contributed by atoms with Crippen LogP contribution in [-0.2, 0) is 24.6 Å². The van der Waals surface area contributed by atoms with Gasteiger partial charge in [-0.05, 0) is 26.3 Å². The number of phenols is 2. The van der Waals surface area contributed by atoms with Gasteiger partial charge in [-0.1, -0.05) is 35.4 Å². The van der Waals surface area contributed by atoms with Crippen LogP contribution in [0.3, 0.4) is 0 Å². The first-order chi connectivity index (χ1) is 10.4. The van der Waals surface area contributed by atoms with Crippen molar-refractivity contribution in [1.82, 2.24) is 0 Å². The van der Waals surface area contributed by atoms with Crippen molar-refractivity contribution in [3.63, 3.8) is 0 Å². The second-order valence-electron chi connectivity index (χ2n) is 5.67. The lowest BCUT2D eigenvalue weighted by molar-refractivity contribution is 0.103. The third kappa shape index (κ3) is 3.59. The molecule has 0 amide bonds. The highest BCUT2D eigenvalue weighted by Gasteiger charge is 2.10. The Morgan fingerprint density at radius 2 is 1.27 bits per heavy atom. The van der Waals surface area contributed by atoms with E-state index in [2.05, 4.69) is 0 Å². The molecule has 0 aliphatic heterocycles. The van der Waals surface area contributed by atoms with E-state index in [9.17, 15) is 15.3 Å². The van der Waals surface area contributed by atoms with Crippen LogP contribution in [0, 0.1) is 20.8 Å². The smallest absolute Gasteiger partial charge is 0.126 e. The van der Waals surface area contributed by atoms with E-state index in [-0.39, 0.29) is 31.3 Å². The summed E-state index contributed by atoms with van der Waals surface area (Å²) < 4.78 is 5.63. The summed E-state index contributed by atoms with van der Waals surface area (Å²) in [7, 11) is 0. The van der Waals surface area contributed by atoms with Crippen LogP contribution in [0.5, 0.6) is 11.5 Å². The lowest BCUT2D eigenvalue weighted by Crippen LogP contribution is -1.99. The van der Waals surface area contributed by atoms with Crippen molar-refractivity contribution >= 4 is 0 Å². The van der Waals surface area contributed by atoms with Gasteiger partial charge in [-0.25, -0.2) is 0 Å². The van der Waals surface area contributed by atoms with E-state index in [0.29, 0.717) is 11.1 Å². The van der Waals surface area contributed by atoms with Crippen LogP contribution in [0.2, 0.25) is 0 Å². The fourth-order valence-electron chi connectivity index (χ4n) is 2.59. The van der Waals surface area contributed by atoms with Gasteiger partial charge in [0.05, 0.1) is 19.8 Å². The Morgan fingerprint density at radius 1 is 0.773 bits per heavy atom. The fourth-order valence-corrected chi connectivity index (χ4v) is 2.59. The molecular formula is C18H22O4. The molecule has 3 N–H and O–H groups in total. The second kappa shape index (κ2) is 6.81. The normalized spacial score (nSPS) is 10.9. The highest BCUT2D eigenvalue weighted by atomic mass is 16.5. The van der Waals surface area contributed by atoms with Crippen LogP contribution in [0.4, 0.5) is 0 Å². The number of hydrogen-bond donors (Lipinski definition) is 3. The van der Waals surface area contributed by atoms with Gasteiger partial charge in [0.2, 0.25) is 0 Å². The number of aromatic hydroxyl groups is 2. The zero-order valence-electron chi connectivity index (χ0n) is 13.2. The van der Waals surface area contributed by atoms with E-state index >= 15 is 0 Å². The van der Waals surface area contributed by atoms with Crippen molar-refractivity contribution in [2.24, 2.45) is 0 Å². The zero-order chi connectivity index (χ0) is 16.3. The monoisotopic (exact) mass is 302 g/mol. The van der Waals surface area contributed by atoms with E-state index in [0.717, 1.165) is 22.3 Å². The van der Waals surface area contributed by atoms with Gasteiger partial charge >= 0.3 is 0 Å². The van der Waals surface area contributed by atoms with Gasteiger partial charge in [-0.2, -0.15) is 0 Å². The molecule has 0 aliphatic carbocycles. The summed E-state index contributed by atoms with van der Waals surface area (Å²) in [4.78, 5) is 0. The molecule has 0 heterocycles. The average molecular weight is 302 g/mol. The van der Waals surface area contributed by atoms with Crippen molar-refractivity contribution < 1.29 is 20.1 Å². The Hall–Kier alpha value is -2.04. The molecular weight excluding hydrogens is 280 g/mol. The maximum absolute atomic E-state index is 10.1. The standard InChI is InChI=1S/C18H22O4/c1-11-4-13(3)17(20)15(6-11)9-22-10-16-7-12(2)5-14(8-19)18(16)21/h4-7,19-21H,8-10H2,1-3H3. The second-order valence-corrected chi connectivity index (χ2v) is 5.67. The minimum absolute atomic E-state index is 0.0674. The molecule has 2 aromatic carbocycles. The van der Waals surface area contributed by atoms with Crippen molar-refractivity contribution in [2.75, 3.05) is 0 Å². The van der Waals surface area contributed by atoms with E-state index in [1.165, 1.54) is 0 Å². The third-order valence-corrected chi connectivity index (χ3v) is 3.62. The van der Waals surface area contributed by atoms with Crippen LogP contribution in [-0.4, -0.2) is 15.3 Å². The molecule has 0 saturated carbocycles. The molecule has 22 heavy (non-hydrogen) atoms. The van der Waals surface area contributed by atoms with Crippen molar-refractivity contribution in [1.29, 1.82) is 0 Å². The Bertz CT molecular complexity index is 677. The number of phenolic OH excluding ortho intramolecular Hbond substituents is 1. The number of benzene rings is 2. The maximum atomic E-state index is 10.1. The van der Waals surface area contributed by atoms with Crippen LogP contribution < -0.4 is 0 Å². The first-order valence-corrected chi connectivity index (χ1v) is 7.21. The van der Waals surface area contributed by atoms with Crippen molar-refractivity contribution in [2.45, 2.75) is 40.6 Å². The summed E-state index contributed by atoms with van der Waals surface area (Å²) >= 11 is 0. The molecule has 4 nitrogen and oxygen atoms in total. The number of aliphatic hydroxyl groups excluding tert-OH is 1. The number of aryl methyl sites for hydroxylation is 3. The van der Waals surface area contributed by atoms with Gasteiger partial charge in [0.15, 0.2) is 0 Å². The Labute approximate surface area is 130 Å². The number of aliphatic hydroxyl groups is 1. The van der Waals surface area contributed by atoms with Gasteiger partial charge < -0.3 is 20.1 Å². The van der Waals surface area contributed by atoms with Gasteiger partial charge in [0.25, 0.3) is 0 Å². The molecule has 2 rings (SSSR count). The van der Waals surface area contributed by atoms with Crippen LogP contribution >= 0.6 is 0 Å². The molecule has 2 aromatic rings. The molecule has 0 atom stereocenters. The predicted molar refractivity (Wildman–Crippen MR) is 84.8 cm³/mol. The molecule has 0 spiro atoms. The van der Waals surface area contributed by atoms with Crippen LogP contribution in [0.15, 0.2) is 24.3 Å². The highest BCUT2D eigenvalue weighted by molar-refractivity contribution is 5.43. The molecule has 0 fully saturated rings. The summed E-state index contributed by atoms with van der Waals surface area (Å²) in [6.07, 6.45) is 0. The minimum Gasteiger partial charge on any atom is -0.507 e. The fraction of sp³-hybridized carbons (Fsp3) is 0.333. The number of hydrogen-bond acceptors (Lipinski definition) is 4. The molecule has 118 valence electrons. The molecule has 0 aliphatic rings. The Kier molecular flexibility index (Phi) is 5.06. The van der Waals surface area contributed by atoms with Gasteiger partial charge in [0.1, 0.15) is 11.5 Å². The van der Waals surface area contributed by atoms with Gasteiger partial charge in [-0.3, -0.25) is 0 Å². The highest BCUT2D eigenvalue weighted by Crippen LogP contribution is 2.27. The SMILES string of the molecule is Cc1cc(C)c(O)c(COCc2cc(C)cc(CO)c2O)c1. The first-order valence-electron chi connectivity index (χ1n) is 7.21. The largest absolute Gasteiger partial charge is 0.507 e. The Balaban J connectivity index is 2.10. The maximum Gasteiger partial charge on any atom is 0.126 e. The molecule has 0 saturated heterocycles. The summed E-state index contributed by atoms with van der Waals surface area (Å²) in [5, 5.41) is 29.3. The molecule has 0 bridgehead atoms. The van der Waals surface area contributed by atoms with Crippen LogP contribution in [0.1, 0.15) is 33.4 Å². The van der Waals surface area contributed by atoms with E-state index in [1.54, 1.807) is 6.07 Å². The van der Waals surface area contributed by atoms with Crippen molar-refractivity contribution in [3.05, 3.63) is 57.6 Å². The molecule has 0 radical (unpaired) electrons. The number of rotatable bonds is 5. The predicted octanol–water partition coefficient (Wildman–Crippen LogP) is 3.23. The summed E-state index contributed by atoms with van der Waals surface area (Å²) in [6.45, 7) is 5.99. The first kappa shape index (κ1) is 16.3. The average Bonchev–Trinajstić information content (AvgIpc) is 2.47. The van der Waals surface area contributed by atoms with E-state index < -0.39 is 0 Å². The molecule has 0 aromatic heterocycles. The van der Waals surface area contributed by atoms with E-state index in [1.807, 2.05) is 39.0 Å². The van der Waals surface area contributed by atoms with Crippen molar-refractivity contribution in [3.8, 4) is 11.5 Å². The Morgan fingerprint density at radius 3 is 1.86 bits per heavy atom. The quantitative estimate of drug-likeness (QED) is 0.793. The van der Waals surface area contributed by atoms with E-state index in [4.69, 9.17) is 4.74 Å². The lowest BCUT2D eigenvalue weighted by atomic mass is 10.1. The summed E-state index contributed by atoms with van der Waals surface area (Å²) in [5.74, 6) is 0.313. The molecule has 4 heteroatoms. The lowest BCUT2D eigenvalue weighted by Gasteiger charge is -2.12. The summed E-state index contributed by atoms with van der Waals surface area (Å²) in [5.41, 5.74) is 4.69. The topological polar surface area (TPSA) is 69.9 Å². The van der Waals surface area contributed by atoms with Crippen LogP contribution in [0.25, 0.3) is 0 Å².